The summed E-state index contributed by atoms with van der Waals surface area (Å²) in [5, 5.41) is 0. The van der Waals surface area contributed by atoms with E-state index in [0.717, 1.165) is 0 Å². The van der Waals surface area contributed by atoms with E-state index in [1.54, 1.807) is 31.2 Å². The van der Waals surface area contributed by atoms with E-state index in [1.807, 2.05) is 0 Å². The Labute approximate surface area is 181 Å². The van der Waals surface area contributed by atoms with E-state index in [1.165, 1.54) is 35.1 Å². The Kier molecular flexibility index (Phi) is 6.95. The topological polar surface area (TPSA) is 125 Å². The fourth-order valence-corrected chi connectivity index (χ4v) is 3.76. The lowest BCUT2D eigenvalue weighted by atomic mass is 10.1. The maximum atomic E-state index is 12.9. The molecule has 0 atom stereocenters. The molecule has 1 aromatic carbocycles. The number of fused-ring (bicyclic) bond motifs is 1. The second-order valence-corrected chi connectivity index (χ2v) is 7.54. The molecule has 2 aromatic heterocycles. The minimum atomic E-state index is -0.630. The molecule has 0 aliphatic rings. The number of thioether (sulfide) groups is 1. The summed E-state index contributed by atoms with van der Waals surface area (Å²) in [5.74, 6) is 0.752. The molecule has 0 amide bonds. The third-order valence-corrected chi connectivity index (χ3v) is 5.46. The number of rotatable bonds is 9. The van der Waals surface area contributed by atoms with Crippen molar-refractivity contribution in [1.82, 2.24) is 19.1 Å². The second-order valence-electron chi connectivity index (χ2n) is 6.55. The highest BCUT2D eigenvalue weighted by atomic mass is 32.2. The standard InChI is InChI=1S/C20H22N4O6S/c1-4-30-16(26)11-31-10-15-21-18-17(19(27)22-20(28)23(18)2)24(15)9-14(25)12-5-7-13(29-3)8-6-12/h5-8H,4,9-11H2,1-3H3,(H,22,27,28). The minimum absolute atomic E-state index is 0.0960. The summed E-state index contributed by atoms with van der Waals surface area (Å²) in [6.07, 6.45) is 0. The summed E-state index contributed by atoms with van der Waals surface area (Å²) in [4.78, 5) is 55.6. The Morgan fingerprint density at radius 3 is 2.55 bits per heavy atom. The predicted molar refractivity (Wildman–Crippen MR) is 116 cm³/mol. The monoisotopic (exact) mass is 446 g/mol. The first kappa shape index (κ1) is 22.3. The molecule has 0 saturated heterocycles. The zero-order valence-electron chi connectivity index (χ0n) is 17.3. The predicted octanol–water partition coefficient (Wildman–Crippen LogP) is 1.11. The lowest BCUT2D eigenvalue weighted by molar-refractivity contribution is -0.139. The van der Waals surface area contributed by atoms with Crippen LogP contribution in [-0.2, 0) is 28.9 Å². The Morgan fingerprint density at radius 1 is 1.19 bits per heavy atom. The van der Waals surface area contributed by atoms with Crippen LogP contribution in [0.5, 0.6) is 5.75 Å². The van der Waals surface area contributed by atoms with Crippen LogP contribution in [0.3, 0.4) is 0 Å². The third kappa shape index (κ3) is 4.88. The molecule has 0 radical (unpaired) electrons. The molecule has 3 rings (SSSR count). The zero-order valence-corrected chi connectivity index (χ0v) is 18.2. The fraction of sp³-hybridized carbons (Fsp3) is 0.350. The highest BCUT2D eigenvalue weighted by Crippen LogP contribution is 2.19. The third-order valence-electron chi connectivity index (χ3n) is 4.56. The molecule has 0 saturated carbocycles. The highest BCUT2D eigenvalue weighted by molar-refractivity contribution is 7.99. The maximum absolute atomic E-state index is 12.9. The van der Waals surface area contributed by atoms with Crippen LogP contribution in [-0.4, -0.2) is 50.3 Å². The molecule has 0 bridgehead atoms. The molecule has 10 nitrogen and oxygen atoms in total. The first-order valence-corrected chi connectivity index (χ1v) is 10.6. The number of hydrogen-bond acceptors (Lipinski definition) is 8. The van der Waals surface area contributed by atoms with Crippen molar-refractivity contribution in [2.75, 3.05) is 19.5 Å². The van der Waals surface area contributed by atoms with Gasteiger partial charge >= 0.3 is 11.7 Å². The second kappa shape index (κ2) is 9.65. The van der Waals surface area contributed by atoms with E-state index in [0.29, 0.717) is 17.1 Å². The molecule has 0 unspecified atom stereocenters. The summed E-state index contributed by atoms with van der Waals surface area (Å²) in [5.41, 5.74) is -0.503. The van der Waals surface area contributed by atoms with Crippen LogP contribution in [0.25, 0.3) is 11.2 Å². The van der Waals surface area contributed by atoms with Gasteiger partial charge in [-0.3, -0.25) is 23.9 Å². The molecule has 0 spiro atoms. The van der Waals surface area contributed by atoms with E-state index in [-0.39, 0.29) is 47.6 Å². The molecule has 11 heteroatoms. The number of methoxy groups -OCH3 is 1. The van der Waals surface area contributed by atoms with Gasteiger partial charge < -0.3 is 14.0 Å². The lowest BCUT2D eigenvalue weighted by Crippen LogP contribution is -2.29. The number of H-pyrrole nitrogens is 1. The Bertz CT molecular complexity index is 1230. The number of aromatic amines is 1. The average Bonchev–Trinajstić information content (AvgIpc) is 3.11. The number of imidazole rings is 1. The summed E-state index contributed by atoms with van der Waals surface area (Å²) < 4.78 is 12.7. The molecular weight excluding hydrogens is 424 g/mol. The van der Waals surface area contributed by atoms with Gasteiger partial charge in [0, 0.05) is 12.6 Å². The van der Waals surface area contributed by atoms with Gasteiger partial charge in [-0.25, -0.2) is 9.78 Å². The van der Waals surface area contributed by atoms with E-state index < -0.39 is 11.2 Å². The van der Waals surface area contributed by atoms with E-state index >= 15 is 0 Å². The van der Waals surface area contributed by atoms with Crippen molar-refractivity contribution in [2.24, 2.45) is 7.05 Å². The summed E-state index contributed by atoms with van der Waals surface area (Å²) in [6, 6.07) is 6.61. The van der Waals surface area contributed by atoms with Crippen LogP contribution in [0.2, 0.25) is 0 Å². The number of carbonyl (C=O) groups excluding carboxylic acids is 2. The average molecular weight is 446 g/mol. The van der Waals surface area contributed by atoms with Crippen LogP contribution in [0.15, 0.2) is 33.9 Å². The van der Waals surface area contributed by atoms with Gasteiger partial charge in [-0.15, -0.1) is 11.8 Å². The van der Waals surface area contributed by atoms with Gasteiger partial charge in [0.25, 0.3) is 5.56 Å². The molecule has 3 aromatic rings. The SMILES string of the molecule is CCOC(=O)CSCc1nc2c(c(=O)[nH]c(=O)n2C)n1CC(=O)c1ccc(OC)cc1. The van der Waals surface area contributed by atoms with Gasteiger partial charge in [0.05, 0.1) is 31.8 Å². The number of carbonyl (C=O) groups is 2. The number of hydrogen-bond donors (Lipinski definition) is 1. The zero-order chi connectivity index (χ0) is 22.5. The molecule has 0 fully saturated rings. The van der Waals surface area contributed by atoms with Crippen LogP contribution in [0.1, 0.15) is 23.1 Å². The molecule has 0 aliphatic heterocycles. The number of aryl methyl sites for hydroxylation is 1. The molecule has 164 valence electrons. The van der Waals surface area contributed by atoms with Crippen molar-refractivity contribution >= 4 is 34.7 Å². The van der Waals surface area contributed by atoms with Crippen molar-refractivity contribution < 1.29 is 19.1 Å². The molecule has 31 heavy (non-hydrogen) atoms. The van der Waals surface area contributed by atoms with E-state index in [4.69, 9.17) is 9.47 Å². The quantitative estimate of drug-likeness (QED) is 0.383. The van der Waals surface area contributed by atoms with Crippen molar-refractivity contribution in [3.63, 3.8) is 0 Å². The van der Waals surface area contributed by atoms with Gasteiger partial charge in [-0.05, 0) is 31.2 Å². The number of benzene rings is 1. The normalized spacial score (nSPS) is 10.9. The van der Waals surface area contributed by atoms with Gasteiger partial charge in [-0.2, -0.15) is 0 Å². The molecule has 0 aliphatic carbocycles. The van der Waals surface area contributed by atoms with Crippen molar-refractivity contribution in [3.8, 4) is 5.75 Å². The summed E-state index contributed by atoms with van der Waals surface area (Å²) >= 11 is 1.24. The Morgan fingerprint density at radius 2 is 1.90 bits per heavy atom. The van der Waals surface area contributed by atoms with Crippen LogP contribution in [0.4, 0.5) is 0 Å². The fourth-order valence-electron chi connectivity index (χ4n) is 3.00. The van der Waals surface area contributed by atoms with Crippen LogP contribution >= 0.6 is 11.8 Å². The first-order chi connectivity index (χ1) is 14.8. The van der Waals surface area contributed by atoms with Crippen molar-refractivity contribution in [2.45, 2.75) is 19.2 Å². The Balaban J connectivity index is 1.97. The number of nitrogens with zero attached hydrogens (tertiary/aromatic N) is 3. The van der Waals surface area contributed by atoms with Crippen molar-refractivity contribution in [3.05, 3.63) is 56.5 Å². The molecule has 2 heterocycles. The summed E-state index contributed by atoms with van der Waals surface area (Å²) in [6.45, 7) is 1.85. The van der Waals surface area contributed by atoms with Gasteiger partial charge in [0.1, 0.15) is 11.6 Å². The minimum Gasteiger partial charge on any atom is -0.497 e. The van der Waals surface area contributed by atoms with Gasteiger partial charge in [0.15, 0.2) is 16.9 Å². The van der Waals surface area contributed by atoms with Gasteiger partial charge in [0.2, 0.25) is 0 Å². The van der Waals surface area contributed by atoms with Gasteiger partial charge in [-0.1, -0.05) is 0 Å². The van der Waals surface area contributed by atoms with Crippen molar-refractivity contribution in [1.29, 1.82) is 0 Å². The van der Waals surface area contributed by atoms with E-state index in [2.05, 4.69) is 9.97 Å². The van der Waals surface area contributed by atoms with Crippen LogP contribution < -0.4 is 16.0 Å². The summed E-state index contributed by atoms with van der Waals surface area (Å²) in [7, 11) is 3.02. The Hall–Kier alpha value is -3.34. The molecule has 1 N–H and O–H groups in total. The molecular formula is C20H22N4O6S. The number of aromatic nitrogens is 4. The largest absolute Gasteiger partial charge is 0.497 e. The lowest BCUT2D eigenvalue weighted by Gasteiger charge is -2.09. The number of Topliss-reactive ketones (excluding diaryl/α,β-unsaturated/α-hetero) is 1. The maximum Gasteiger partial charge on any atom is 0.329 e. The van der Waals surface area contributed by atoms with Crippen LogP contribution in [0, 0.1) is 0 Å². The number of ether oxygens (including phenoxy) is 2. The first-order valence-electron chi connectivity index (χ1n) is 9.44. The number of esters is 1. The number of nitrogens with one attached hydrogen (secondary N) is 1. The van der Waals surface area contributed by atoms with E-state index in [9.17, 15) is 19.2 Å². The smallest absolute Gasteiger partial charge is 0.329 e. The number of ketones is 1. The highest BCUT2D eigenvalue weighted by Gasteiger charge is 2.20.